The zero-order valence-electron chi connectivity index (χ0n) is 14.2. The summed E-state index contributed by atoms with van der Waals surface area (Å²) >= 11 is 0. The molecular weight excluding hydrogens is 266 g/mol. The Hall–Kier alpha value is -0.610. The number of carbonyl (C=O) groups excluding carboxylic acids is 1. The minimum Gasteiger partial charge on any atom is -0.392 e. The minimum absolute atomic E-state index is 0.0442. The molecule has 0 aromatic heterocycles. The van der Waals surface area contributed by atoms with Crippen molar-refractivity contribution in [1.82, 2.24) is 4.90 Å². The van der Waals surface area contributed by atoms with Gasteiger partial charge in [0.25, 0.3) is 0 Å². The van der Waals surface area contributed by atoms with Crippen LogP contribution in [0.5, 0.6) is 0 Å². The Labute approximate surface area is 130 Å². The average molecular weight is 301 g/mol. The first kappa shape index (κ1) is 20.4. The highest BCUT2D eigenvalue weighted by molar-refractivity contribution is 5.76. The second-order valence-corrected chi connectivity index (χ2v) is 6.22. The number of amides is 1. The van der Waals surface area contributed by atoms with E-state index in [1.165, 1.54) is 38.5 Å². The summed E-state index contributed by atoms with van der Waals surface area (Å²) in [6, 6.07) is 0. The average Bonchev–Trinajstić information content (AvgIpc) is 2.39. The van der Waals surface area contributed by atoms with Gasteiger partial charge in [-0.1, -0.05) is 51.9 Å². The lowest BCUT2D eigenvalue weighted by Gasteiger charge is -2.25. The van der Waals surface area contributed by atoms with Gasteiger partial charge in [0, 0.05) is 19.5 Å². The first-order valence-electron chi connectivity index (χ1n) is 8.61. The van der Waals surface area contributed by atoms with Gasteiger partial charge < -0.3 is 15.1 Å². The maximum atomic E-state index is 12.1. The molecule has 0 rings (SSSR count). The molecule has 0 saturated carbocycles. The monoisotopic (exact) mass is 301 g/mol. The highest BCUT2D eigenvalue weighted by Crippen LogP contribution is 2.11. The highest BCUT2D eigenvalue weighted by atomic mass is 16.3. The van der Waals surface area contributed by atoms with Crippen LogP contribution in [0.15, 0.2) is 0 Å². The zero-order valence-corrected chi connectivity index (χ0v) is 14.2. The normalized spacial score (nSPS) is 14.0. The topological polar surface area (TPSA) is 60.8 Å². The standard InChI is InChI=1S/C17H35NO3/c1-4-5-6-7-8-9-10-11-12-17(21)18(13-15(2)19)14-16(3)20/h15-16,19-20H,4-14H2,1-3H3. The maximum Gasteiger partial charge on any atom is 0.222 e. The van der Waals surface area contributed by atoms with E-state index in [-0.39, 0.29) is 5.91 Å². The number of aliphatic hydroxyl groups excluding tert-OH is 2. The van der Waals surface area contributed by atoms with Crippen molar-refractivity contribution in [2.75, 3.05) is 13.1 Å². The molecule has 0 saturated heterocycles. The molecule has 0 heterocycles. The summed E-state index contributed by atoms with van der Waals surface area (Å²) in [6.45, 7) is 6.16. The molecule has 4 nitrogen and oxygen atoms in total. The van der Waals surface area contributed by atoms with Crippen LogP contribution in [0.1, 0.15) is 78.6 Å². The molecule has 0 fully saturated rings. The lowest BCUT2D eigenvalue weighted by molar-refractivity contribution is -0.134. The van der Waals surface area contributed by atoms with Gasteiger partial charge in [-0.2, -0.15) is 0 Å². The van der Waals surface area contributed by atoms with Gasteiger partial charge in [-0.05, 0) is 20.3 Å². The second-order valence-electron chi connectivity index (χ2n) is 6.22. The zero-order chi connectivity index (χ0) is 16.1. The van der Waals surface area contributed by atoms with Gasteiger partial charge in [-0.15, -0.1) is 0 Å². The fourth-order valence-corrected chi connectivity index (χ4v) is 2.48. The number of aliphatic hydroxyl groups is 2. The Morgan fingerprint density at radius 2 is 1.29 bits per heavy atom. The molecule has 0 aromatic carbocycles. The Bertz CT molecular complexity index is 244. The van der Waals surface area contributed by atoms with Crippen LogP contribution in [0.3, 0.4) is 0 Å². The lowest BCUT2D eigenvalue weighted by Crippen LogP contribution is -2.40. The van der Waals surface area contributed by atoms with Crippen molar-refractivity contribution >= 4 is 5.91 Å². The largest absolute Gasteiger partial charge is 0.392 e. The van der Waals surface area contributed by atoms with Gasteiger partial charge >= 0.3 is 0 Å². The number of hydrogen-bond donors (Lipinski definition) is 2. The third-order valence-corrected chi connectivity index (χ3v) is 3.57. The molecule has 0 aromatic rings. The molecule has 2 unspecified atom stereocenters. The van der Waals surface area contributed by atoms with Crippen molar-refractivity contribution in [3.8, 4) is 0 Å². The predicted molar refractivity (Wildman–Crippen MR) is 87.2 cm³/mol. The van der Waals surface area contributed by atoms with Crippen LogP contribution in [0.2, 0.25) is 0 Å². The summed E-state index contributed by atoms with van der Waals surface area (Å²) in [6.07, 6.45) is 9.11. The molecule has 0 aliphatic rings. The van der Waals surface area contributed by atoms with Gasteiger partial charge in [0.05, 0.1) is 12.2 Å². The summed E-state index contributed by atoms with van der Waals surface area (Å²) in [5, 5.41) is 18.8. The summed E-state index contributed by atoms with van der Waals surface area (Å²) in [5.41, 5.74) is 0. The fraction of sp³-hybridized carbons (Fsp3) is 0.941. The predicted octanol–water partition coefficient (Wildman–Crippen LogP) is 3.11. The van der Waals surface area contributed by atoms with Crippen molar-refractivity contribution in [3.63, 3.8) is 0 Å². The third-order valence-electron chi connectivity index (χ3n) is 3.57. The van der Waals surface area contributed by atoms with Crippen molar-refractivity contribution in [2.24, 2.45) is 0 Å². The molecule has 4 heteroatoms. The van der Waals surface area contributed by atoms with Gasteiger partial charge in [-0.25, -0.2) is 0 Å². The minimum atomic E-state index is -0.550. The molecule has 2 atom stereocenters. The van der Waals surface area contributed by atoms with Gasteiger partial charge in [0.15, 0.2) is 0 Å². The van der Waals surface area contributed by atoms with Crippen LogP contribution in [0, 0.1) is 0 Å². The molecule has 0 radical (unpaired) electrons. The van der Waals surface area contributed by atoms with Crippen molar-refractivity contribution in [2.45, 2.75) is 90.8 Å². The number of unbranched alkanes of at least 4 members (excludes halogenated alkanes) is 7. The number of carbonyl (C=O) groups is 1. The SMILES string of the molecule is CCCCCCCCCCC(=O)N(CC(C)O)CC(C)O. The summed E-state index contributed by atoms with van der Waals surface area (Å²) < 4.78 is 0. The van der Waals surface area contributed by atoms with Crippen LogP contribution in [-0.4, -0.2) is 46.3 Å². The smallest absolute Gasteiger partial charge is 0.222 e. The van der Waals surface area contributed by atoms with Crippen LogP contribution in [0.4, 0.5) is 0 Å². The van der Waals surface area contributed by atoms with E-state index < -0.39 is 12.2 Å². The Morgan fingerprint density at radius 1 is 0.857 bits per heavy atom. The second kappa shape index (κ2) is 13.1. The maximum absolute atomic E-state index is 12.1. The van der Waals surface area contributed by atoms with Crippen LogP contribution < -0.4 is 0 Å². The molecule has 2 N–H and O–H groups in total. The molecule has 0 aliphatic heterocycles. The van der Waals surface area contributed by atoms with Gasteiger partial charge in [-0.3, -0.25) is 4.79 Å². The molecule has 0 bridgehead atoms. The third kappa shape index (κ3) is 12.8. The Balaban J connectivity index is 3.77. The van der Waals surface area contributed by atoms with E-state index in [4.69, 9.17) is 0 Å². The van der Waals surface area contributed by atoms with Gasteiger partial charge in [0.1, 0.15) is 0 Å². The molecule has 126 valence electrons. The van der Waals surface area contributed by atoms with Crippen molar-refractivity contribution in [3.05, 3.63) is 0 Å². The van der Waals surface area contributed by atoms with E-state index in [1.807, 2.05) is 0 Å². The van der Waals surface area contributed by atoms with Crippen LogP contribution in [0.25, 0.3) is 0 Å². The number of nitrogens with zero attached hydrogens (tertiary/aromatic N) is 1. The highest BCUT2D eigenvalue weighted by Gasteiger charge is 2.16. The van der Waals surface area contributed by atoms with E-state index in [9.17, 15) is 15.0 Å². The van der Waals surface area contributed by atoms with Gasteiger partial charge in [0.2, 0.25) is 5.91 Å². The Morgan fingerprint density at radius 3 is 1.71 bits per heavy atom. The molecule has 0 aliphatic carbocycles. The lowest BCUT2D eigenvalue weighted by atomic mass is 10.1. The summed E-state index contributed by atoms with van der Waals surface area (Å²) in [4.78, 5) is 13.7. The van der Waals surface area contributed by atoms with E-state index in [1.54, 1.807) is 18.7 Å². The van der Waals surface area contributed by atoms with E-state index in [2.05, 4.69) is 6.92 Å². The van der Waals surface area contributed by atoms with Crippen molar-refractivity contribution in [1.29, 1.82) is 0 Å². The number of hydrogen-bond acceptors (Lipinski definition) is 3. The van der Waals surface area contributed by atoms with Crippen LogP contribution >= 0.6 is 0 Å². The Kier molecular flexibility index (Phi) is 12.7. The molecule has 21 heavy (non-hydrogen) atoms. The van der Waals surface area contributed by atoms with E-state index in [0.717, 1.165) is 12.8 Å². The quantitative estimate of drug-likeness (QED) is 0.514. The number of rotatable bonds is 13. The molecule has 1 amide bonds. The first-order chi connectivity index (χ1) is 9.97. The van der Waals surface area contributed by atoms with E-state index >= 15 is 0 Å². The fourth-order valence-electron chi connectivity index (χ4n) is 2.48. The first-order valence-corrected chi connectivity index (χ1v) is 8.61. The van der Waals surface area contributed by atoms with Crippen molar-refractivity contribution < 1.29 is 15.0 Å². The van der Waals surface area contributed by atoms with E-state index in [0.29, 0.717) is 19.5 Å². The van der Waals surface area contributed by atoms with Crippen LogP contribution in [-0.2, 0) is 4.79 Å². The molecule has 0 spiro atoms. The summed E-state index contributed by atoms with van der Waals surface area (Å²) in [7, 11) is 0. The summed E-state index contributed by atoms with van der Waals surface area (Å²) in [5.74, 6) is 0.0442. The molecular formula is C17H35NO3.